The van der Waals surface area contributed by atoms with Crippen LogP contribution in [0.4, 0.5) is 5.82 Å². The molecule has 1 aromatic carbocycles. The summed E-state index contributed by atoms with van der Waals surface area (Å²) in [5, 5.41) is 10.4. The molecule has 2 N–H and O–H groups in total. The summed E-state index contributed by atoms with van der Waals surface area (Å²) < 4.78 is 5.58. The van der Waals surface area contributed by atoms with Gasteiger partial charge in [0, 0.05) is 17.7 Å². The number of nitrogens with zero attached hydrogens (tertiary/aromatic N) is 2. The van der Waals surface area contributed by atoms with E-state index in [4.69, 9.17) is 4.74 Å². The van der Waals surface area contributed by atoms with Crippen LogP contribution < -0.4 is 5.32 Å². The number of carbonyl (C=O) groups excluding carboxylic acids is 2. The number of aromatic nitrogens is 2. The second-order valence-electron chi connectivity index (χ2n) is 10.2. The average molecular weight is 441 g/mol. The quantitative estimate of drug-likeness (QED) is 0.660. The number of rotatable bonds is 6. The molecule has 2 amide bonds. The van der Waals surface area contributed by atoms with Gasteiger partial charge in [-0.2, -0.15) is 5.10 Å². The van der Waals surface area contributed by atoms with Gasteiger partial charge in [0.05, 0.1) is 25.9 Å². The molecule has 1 aliphatic carbocycles. The molecule has 0 spiro atoms. The number of H-pyrrole nitrogens is 1. The second-order valence-corrected chi connectivity index (χ2v) is 15.7. The van der Waals surface area contributed by atoms with Crippen molar-refractivity contribution in [1.29, 1.82) is 0 Å². The zero-order valence-electron chi connectivity index (χ0n) is 19.2. The highest BCUT2D eigenvalue weighted by Crippen LogP contribution is 2.61. The number of anilines is 1. The van der Waals surface area contributed by atoms with E-state index in [0.29, 0.717) is 12.4 Å². The molecule has 0 unspecified atom stereocenters. The molecule has 1 atom stereocenters. The average Bonchev–Trinajstić information content (AvgIpc) is 3.38. The van der Waals surface area contributed by atoms with Crippen molar-refractivity contribution in [3.8, 4) is 0 Å². The molecule has 1 fully saturated rings. The van der Waals surface area contributed by atoms with Gasteiger partial charge in [-0.15, -0.1) is 0 Å². The van der Waals surface area contributed by atoms with Gasteiger partial charge in [0.15, 0.2) is 11.9 Å². The minimum atomic E-state index is -1.64. The molecule has 2 heterocycles. The van der Waals surface area contributed by atoms with E-state index in [2.05, 4.69) is 35.2 Å². The molecule has 31 heavy (non-hydrogen) atoms. The van der Waals surface area contributed by atoms with Crippen molar-refractivity contribution in [2.24, 2.45) is 0 Å². The van der Waals surface area contributed by atoms with E-state index in [1.54, 1.807) is 12.0 Å². The minimum Gasteiger partial charge on any atom is -0.367 e. The molecule has 166 valence electrons. The van der Waals surface area contributed by atoms with Crippen molar-refractivity contribution in [1.82, 2.24) is 15.1 Å². The summed E-state index contributed by atoms with van der Waals surface area (Å²) in [6.07, 6.45) is 1.21. The third-order valence-electron chi connectivity index (χ3n) is 7.15. The van der Waals surface area contributed by atoms with Crippen LogP contribution in [-0.2, 0) is 26.4 Å². The van der Waals surface area contributed by atoms with Crippen molar-refractivity contribution in [2.75, 3.05) is 12.4 Å². The third-order valence-corrected chi connectivity index (χ3v) is 10.7. The number of ether oxygens (including phenoxy) is 1. The lowest BCUT2D eigenvalue weighted by molar-refractivity contribution is -0.148. The maximum Gasteiger partial charge on any atom is 0.257 e. The normalized spacial score (nSPS) is 19.6. The Labute approximate surface area is 184 Å². The number of hydrogen-bond acceptors (Lipinski definition) is 4. The molecule has 1 saturated carbocycles. The molecule has 1 aromatic heterocycles. The van der Waals surface area contributed by atoms with Gasteiger partial charge in [-0.1, -0.05) is 50.0 Å². The highest BCUT2D eigenvalue weighted by atomic mass is 28.3. The fourth-order valence-electron chi connectivity index (χ4n) is 4.79. The van der Waals surface area contributed by atoms with Crippen molar-refractivity contribution in [3.63, 3.8) is 0 Å². The van der Waals surface area contributed by atoms with Crippen molar-refractivity contribution < 1.29 is 14.3 Å². The molecule has 0 radical (unpaired) electrons. The predicted octanol–water partition coefficient (Wildman–Crippen LogP) is 4.19. The molecule has 0 saturated heterocycles. The van der Waals surface area contributed by atoms with E-state index in [-0.39, 0.29) is 16.9 Å². The highest BCUT2D eigenvalue weighted by Gasteiger charge is 2.59. The number of amides is 2. The summed E-state index contributed by atoms with van der Waals surface area (Å²) in [4.78, 5) is 28.4. The SMILES string of the molecule is CO[C@@H](C(=O)N1Cc2c(NC(=O)C3([Si](C)(C)C)CC3)n[nH]c2C1(C)C)c1ccccc1. The van der Waals surface area contributed by atoms with E-state index >= 15 is 0 Å². The predicted molar refractivity (Wildman–Crippen MR) is 122 cm³/mol. The van der Waals surface area contributed by atoms with Crippen LogP contribution >= 0.6 is 0 Å². The van der Waals surface area contributed by atoms with Crippen molar-refractivity contribution >= 4 is 25.7 Å². The maximum absolute atomic E-state index is 13.5. The first-order valence-corrected chi connectivity index (χ1v) is 14.3. The second kappa shape index (κ2) is 7.31. The smallest absolute Gasteiger partial charge is 0.257 e. The van der Waals surface area contributed by atoms with Crippen LogP contribution in [0, 0.1) is 0 Å². The Kier molecular flexibility index (Phi) is 5.13. The Hall–Kier alpha value is -2.45. The molecule has 2 aromatic rings. The molecule has 2 aliphatic rings. The number of hydrogen-bond donors (Lipinski definition) is 2. The van der Waals surface area contributed by atoms with Gasteiger partial charge in [-0.3, -0.25) is 14.7 Å². The lowest BCUT2D eigenvalue weighted by Gasteiger charge is -2.34. The molecule has 7 nitrogen and oxygen atoms in total. The van der Waals surface area contributed by atoms with Gasteiger partial charge in [0.1, 0.15) is 0 Å². The van der Waals surface area contributed by atoms with Crippen LogP contribution in [0.3, 0.4) is 0 Å². The number of nitrogens with one attached hydrogen (secondary N) is 2. The van der Waals surface area contributed by atoms with Gasteiger partial charge in [0.2, 0.25) is 5.91 Å². The molecule has 0 bridgehead atoms. The van der Waals surface area contributed by atoms with E-state index in [1.807, 2.05) is 44.2 Å². The summed E-state index contributed by atoms with van der Waals surface area (Å²) >= 11 is 0. The maximum atomic E-state index is 13.5. The molecule has 8 heteroatoms. The number of fused-ring (bicyclic) bond motifs is 1. The van der Waals surface area contributed by atoms with Crippen LogP contribution in [0.2, 0.25) is 24.7 Å². The Bertz CT molecular complexity index is 1010. The summed E-state index contributed by atoms with van der Waals surface area (Å²) in [5.74, 6) is 0.505. The summed E-state index contributed by atoms with van der Waals surface area (Å²) in [6.45, 7) is 11.1. The van der Waals surface area contributed by atoms with Crippen LogP contribution in [0.1, 0.15) is 49.6 Å². The van der Waals surface area contributed by atoms with Gasteiger partial charge < -0.3 is 15.0 Å². The molecule has 4 rings (SSSR count). The first-order chi connectivity index (χ1) is 14.5. The number of carbonyl (C=O) groups is 2. The van der Waals surface area contributed by atoms with E-state index in [0.717, 1.165) is 29.7 Å². The third kappa shape index (κ3) is 3.42. The molecule has 1 aliphatic heterocycles. The van der Waals surface area contributed by atoms with Gasteiger partial charge in [-0.05, 0) is 32.3 Å². The zero-order chi connectivity index (χ0) is 22.6. The zero-order valence-corrected chi connectivity index (χ0v) is 20.2. The van der Waals surface area contributed by atoms with Crippen molar-refractivity contribution in [3.05, 3.63) is 47.2 Å². The van der Waals surface area contributed by atoms with Gasteiger partial charge >= 0.3 is 0 Å². The molecular formula is C23H32N4O3Si. The Morgan fingerprint density at radius 3 is 2.39 bits per heavy atom. The molecular weight excluding hydrogens is 408 g/mol. The highest BCUT2D eigenvalue weighted by molar-refractivity contribution is 6.83. The summed E-state index contributed by atoms with van der Waals surface area (Å²) in [7, 11) is -0.0918. The van der Waals surface area contributed by atoms with Crippen molar-refractivity contribution in [2.45, 2.75) is 69.6 Å². The Balaban J connectivity index is 1.58. The number of methoxy groups -OCH3 is 1. The summed E-state index contributed by atoms with van der Waals surface area (Å²) in [6, 6.07) is 9.51. The van der Waals surface area contributed by atoms with Crippen LogP contribution in [-0.4, -0.2) is 42.1 Å². The fourth-order valence-corrected chi connectivity index (χ4v) is 7.16. The lowest BCUT2D eigenvalue weighted by atomic mass is 9.99. The van der Waals surface area contributed by atoms with E-state index < -0.39 is 19.7 Å². The van der Waals surface area contributed by atoms with E-state index in [9.17, 15) is 9.59 Å². The standard InChI is InChI=1S/C23H32N4O3Si/c1-22(2)18-16(14-27(22)20(28)17(30-3)15-10-8-7-9-11-15)19(26-25-18)24-21(29)23(12-13-23)31(4,5)6/h7-11,17H,12-14H2,1-6H3,(H2,24,25,26,29)/t17-/m1/s1. The first kappa shape index (κ1) is 21.8. The summed E-state index contributed by atoms with van der Waals surface area (Å²) in [5.41, 5.74) is 1.96. The van der Waals surface area contributed by atoms with Gasteiger partial charge in [0.25, 0.3) is 5.91 Å². The first-order valence-electron chi connectivity index (χ1n) is 10.8. The number of aromatic amines is 1. The lowest BCUT2D eigenvalue weighted by Crippen LogP contribution is -2.43. The Morgan fingerprint density at radius 2 is 1.84 bits per heavy atom. The van der Waals surface area contributed by atoms with Crippen LogP contribution in [0.15, 0.2) is 30.3 Å². The van der Waals surface area contributed by atoms with Gasteiger partial charge in [-0.25, -0.2) is 0 Å². The van der Waals surface area contributed by atoms with E-state index in [1.165, 1.54) is 0 Å². The topological polar surface area (TPSA) is 87.3 Å². The fraction of sp³-hybridized carbons (Fsp3) is 0.522. The Morgan fingerprint density at radius 1 is 1.19 bits per heavy atom. The van der Waals surface area contributed by atoms with Crippen LogP contribution in [0.25, 0.3) is 0 Å². The largest absolute Gasteiger partial charge is 0.367 e. The number of benzene rings is 1. The monoisotopic (exact) mass is 440 g/mol. The van der Waals surface area contributed by atoms with Crippen LogP contribution in [0.5, 0.6) is 0 Å². The minimum absolute atomic E-state index is 0.0719.